The van der Waals surface area contributed by atoms with E-state index in [0.717, 1.165) is 0 Å². The molecule has 0 aliphatic carbocycles. The molecule has 1 heteroatoms. The van der Waals surface area contributed by atoms with Crippen molar-refractivity contribution >= 4 is 0 Å². The molecule has 1 atom stereocenters. The van der Waals surface area contributed by atoms with Crippen LogP contribution >= 0.6 is 0 Å². The number of unbranched alkanes of at least 4 members (excludes halogenated alkanes) is 1. The van der Waals surface area contributed by atoms with Gasteiger partial charge in [-0.05, 0) is 24.8 Å². The molecule has 72 valence electrons. The Hall–Kier alpha value is -0.0400. The van der Waals surface area contributed by atoms with Crippen LogP contribution < -0.4 is 5.32 Å². The van der Waals surface area contributed by atoms with Gasteiger partial charge in [0.2, 0.25) is 0 Å². The Labute approximate surface area is 76.9 Å². The molecule has 0 aromatic carbocycles. The molecule has 1 fully saturated rings. The van der Waals surface area contributed by atoms with Crippen molar-refractivity contribution in [2.45, 2.75) is 58.9 Å². The summed E-state index contributed by atoms with van der Waals surface area (Å²) in [5.74, 6) is 0. The van der Waals surface area contributed by atoms with Crippen molar-refractivity contribution in [1.29, 1.82) is 0 Å². The van der Waals surface area contributed by atoms with E-state index in [2.05, 4.69) is 33.0 Å². The second-order valence-corrected chi connectivity index (χ2v) is 5.11. The first-order chi connectivity index (χ1) is 5.52. The summed E-state index contributed by atoms with van der Waals surface area (Å²) in [5, 5.41) is 3.63. The molecule has 1 N–H and O–H groups in total. The first kappa shape index (κ1) is 10.0. The van der Waals surface area contributed by atoms with Gasteiger partial charge in [0.1, 0.15) is 0 Å². The lowest BCUT2D eigenvalue weighted by molar-refractivity contribution is 0.0522. The van der Waals surface area contributed by atoms with E-state index in [0.29, 0.717) is 11.0 Å². The van der Waals surface area contributed by atoms with Crippen LogP contribution in [0.1, 0.15) is 53.4 Å². The molecule has 1 aliphatic rings. The highest BCUT2D eigenvalue weighted by Gasteiger charge is 2.45. The first-order valence-electron chi connectivity index (χ1n) is 5.27. The molecule has 1 aliphatic heterocycles. The standard InChI is InChI=1S/C11H23N/c1-5-6-7-11(8-9-12-11)10(2,3)4/h12H,5-9H2,1-4H3. The van der Waals surface area contributed by atoms with E-state index in [1.54, 1.807) is 0 Å². The summed E-state index contributed by atoms with van der Waals surface area (Å²) in [6.45, 7) is 10.6. The second kappa shape index (κ2) is 3.37. The van der Waals surface area contributed by atoms with Crippen LogP contribution in [0.25, 0.3) is 0 Å². The number of rotatable bonds is 3. The molecule has 1 saturated heterocycles. The van der Waals surface area contributed by atoms with Crippen LogP contribution in [-0.4, -0.2) is 12.1 Å². The molecule has 0 radical (unpaired) electrons. The maximum atomic E-state index is 3.63. The summed E-state index contributed by atoms with van der Waals surface area (Å²) in [6, 6.07) is 0. The average Bonchev–Trinajstić information content (AvgIpc) is 1.82. The van der Waals surface area contributed by atoms with Crippen molar-refractivity contribution in [2.75, 3.05) is 6.54 Å². The molecule has 0 aromatic heterocycles. The molecule has 0 aromatic rings. The predicted octanol–water partition coefficient (Wildman–Crippen LogP) is 2.95. The Morgan fingerprint density at radius 1 is 1.33 bits per heavy atom. The summed E-state index contributed by atoms with van der Waals surface area (Å²) >= 11 is 0. The fourth-order valence-electron chi connectivity index (χ4n) is 2.13. The minimum absolute atomic E-state index is 0.431. The Morgan fingerprint density at radius 3 is 2.17 bits per heavy atom. The molecule has 1 heterocycles. The lowest BCUT2D eigenvalue weighted by atomic mass is 9.65. The summed E-state index contributed by atoms with van der Waals surface area (Å²) in [6.07, 6.45) is 5.41. The zero-order valence-corrected chi connectivity index (χ0v) is 9.04. The van der Waals surface area contributed by atoms with Crippen molar-refractivity contribution in [3.8, 4) is 0 Å². The highest BCUT2D eigenvalue weighted by Crippen LogP contribution is 2.41. The maximum Gasteiger partial charge on any atom is 0.0241 e. The molecule has 1 nitrogen and oxygen atoms in total. The largest absolute Gasteiger partial charge is 0.311 e. The average molecular weight is 169 g/mol. The lowest BCUT2D eigenvalue weighted by Gasteiger charge is -2.53. The fraction of sp³-hybridized carbons (Fsp3) is 1.00. The van der Waals surface area contributed by atoms with E-state index in [1.807, 2.05) is 0 Å². The summed E-state index contributed by atoms with van der Waals surface area (Å²) < 4.78 is 0. The van der Waals surface area contributed by atoms with Crippen LogP contribution in [-0.2, 0) is 0 Å². The number of hydrogen-bond acceptors (Lipinski definition) is 1. The summed E-state index contributed by atoms with van der Waals surface area (Å²) in [7, 11) is 0. The highest BCUT2D eigenvalue weighted by atomic mass is 15.1. The van der Waals surface area contributed by atoms with Gasteiger partial charge in [-0.2, -0.15) is 0 Å². The third kappa shape index (κ3) is 1.66. The van der Waals surface area contributed by atoms with Crippen molar-refractivity contribution in [1.82, 2.24) is 5.32 Å². The van der Waals surface area contributed by atoms with Crippen LogP contribution in [0.3, 0.4) is 0 Å². The van der Waals surface area contributed by atoms with Gasteiger partial charge in [-0.1, -0.05) is 40.5 Å². The molecule has 0 amide bonds. The zero-order valence-electron chi connectivity index (χ0n) is 9.04. The molecule has 0 bridgehead atoms. The van der Waals surface area contributed by atoms with Crippen LogP contribution in [0.2, 0.25) is 0 Å². The Morgan fingerprint density at radius 2 is 1.92 bits per heavy atom. The van der Waals surface area contributed by atoms with E-state index in [4.69, 9.17) is 0 Å². The zero-order chi connectivity index (χ0) is 9.24. The van der Waals surface area contributed by atoms with Gasteiger partial charge in [-0.3, -0.25) is 0 Å². The van der Waals surface area contributed by atoms with E-state index in [1.165, 1.54) is 32.2 Å². The Bertz CT molecular complexity index is 140. The maximum absolute atomic E-state index is 3.63. The van der Waals surface area contributed by atoms with Crippen LogP contribution in [0.15, 0.2) is 0 Å². The van der Waals surface area contributed by atoms with Crippen molar-refractivity contribution < 1.29 is 0 Å². The molecule has 12 heavy (non-hydrogen) atoms. The fourth-order valence-corrected chi connectivity index (χ4v) is 2.13. The van der Waals surface area contributed by atoms with E-state index in [-0.39, 0.29) is 0 Å². The van der Waals surface area contributed by atoms with Crippen LogP contribution in [0.5, 0.6) is 0 Å². The molecule has 0 spiro atoms. The summed E-state index contributed by atoms with van der Waals surface area (Å²) in [4.78, 5) is 0. The van der Waals surface area contributed by atoms with E-state index < -0.39 is 0 Å². The molecular formula is C11H23N. The van der Waals surface area contributed by atoms with Gasteiger partial charge in [0, 0.05) is 5.54 Å². The highest BCUT2D eigenvalue weighted by molar-refractivity contribution is 5.04. The van der Waals surface area contributed by atoms with Crippen LogP contribution in [0.4, 0.5) is 0 Å². The van der Waals surface area contributed by atoms with Crippen LogP contribution in [0, 0.1) is 5.41 Å². The van der Waals surface area contributed by atoms with Gasteiger partial charge >= 0.3 is 0 Å². The quantitative estimate of drug-likeness (QED) is 0.685. The number of hydrogen-bond donors (Lipinski definition) is 1. The SMILES string of the molecule is CCCCC1(C(C)(C)C)CCN1. The Kier molecular flexibility index (Phi) is 2.82. The van der Waals surface area contributed by atoms with Gasteiger partial charge < -0.3 is 5.32 Å². The lowest BCUT2D eigenvalue weighted by Crippen LogP contribution is -2.64. The minimum atomic E-state index is 0.431. The third-order valence-corrected chi connectivity index (χ3v) is 3.41. The van der Waals surface area contributed by atoms with Gasteiger partial charge in [0.25, 0.3) is 0 Å². The Balaban J connectivity index is 2.51. The van der Waals surface area contributed by atoms with E-state index in [9.17, 15) is 0 Å². The van der Waals surface area contributed by atoms with Crippen molar-refractivity contribution in [2.24, 2.45) is 5.41 Å². The van der Waals surface area contributed by atoms with Gasteiger partial charge in [0.15, 0.2) is 0 Å². The predicted molar refractivity (Wildman–Crippen MR) is 54.3 cm³/mol. The second-order valence-electron chi connectivity index (χ2n) is 5.11. The minimum Gasteiger partial charge on any atom is -0.311 e. The molecule has 0 saturated carbocycles. The third-order valence-electron chi connectivity index (χ3n) is 3.41. The van der Waals surface area contributed by atoms with E-state index >= 15 is 0 Å². The normalized spacial score (nSPS) is 30.0. The van der Waals surface area contributed by atoms with Gasteiger partial charge in [-0.25, -0.2) is 0 Å². The van der Waals surface area contributed by atoms with Gasteiger partial charge in [-0.15, -0.1) is 0 Å². The van der Waals surface area contributed by atoms with Crippen molar-refractivity contribution in [3.63, 3.8) is 0 Å². The monoisotopic (exact) mass is 169 g/mol. The van der Waals surface area contributed by atoms with Crippen molar-refractivity contribution in [3.05, 3.63) is 0 Å². The first-order valence-corrected chi connectivity index (χ1v) is 5.27. The number of nitrogens with one attached hydrogen (secondary N) is 1. The molecular weight excluding hydrogens is 146 g/mol. The van der Waals surface area contributed by atoms with Gasteiger partial charge in [0.05, 0.1) is 0 Å². The topological polar surface area (TPSA) is 12.0 Å². The molecule has 1 rings (SSSR count). The smallest absolute Gasteiger partial charge is 0.0241 e. The summed E-state index contributed by atoms with van der Waals surface area (Å²) in [5.41, 5.74) is 0.892. The molecule has 1 unspecified atom stereocenters.